The fraction of sp³-hybridized carbons (Fsp3) is 0.708. The molecule has 5 heteroatoms. The number of hydrogen-bond acceptors (Lipinski definition) is 4. The Morgan fingerprint density at radius 3 is 2.93 bits per heavy atom. The van der Waals surface area contributed by atoms with Gasteiger partial charge in [0.25, 0.3) is 0 Å². The van der Waals surface area contributed by atoms with Crippen molar-refractivity contribution in [1.29, 1.82) is 0 Å². The van der Waals surface area contributed by atoms with Crippen LogP contribution in [0.25, 0.3) is 0 Å². The second-order valence-electron chi connectivity index (χ2n) is 8.90. The average Bonchev–Trinajstić information content (AvgIpc) is 2.76. The second kappa shape index (κ2) is 9.38. The van der Waals surface area contributed by atoms with Crippen LogP contribution in [0.4, 0.5) is 4.79 Å². The Balaban J connectivity index is 1.44. The Labute approximate surface area is 175 Å². The minimum absolute atomic E-state index is 0.0876. The fourth-order valence-electron chi connectivity index (χ4n) is 5.56. The SMILES string of the molecule is CCCCCCOC(=O)N1CCCC2CN3CCc4cc(OC)ccc4C3CC21. The summed E-state index contributed by atoms with van der Waals surface area (Å²) in [6, 6.07) is 7.23. The maximum absolute atomic E-state index is 12.8. The van der Waals surface area contributed by atoms with Crippen molar-refractivity contribution in [3.05, 3.63) is 29.3 Å². The molecule has 3 unspecified atom stereocenters. The van der Waals surface area contributed by atoms with Crippen molar-refractivity contribution < 1.29 is 14.3 Å². The highest BCUT2D eigenvalue weighted by Crippen LogP contribution is 2.43. The smallest absolute Gasteiger partial charge is 0.410 e. The monoisotopic (exact) mass is 400 g/mol. The van der Waals surface area contributed by atoms with Crippen LogP contribution < -0.4 is 4.74 Å². The number of fused-ring (bicyclic) bond motifs is 4. The first kappa shape index (κ1) is 20.5. The van der Waals surface area contributed by atoms with Crippen LogP contribution >= 0.6 is 0 Å². The first-order valence-electron chi connectivity index (χ1n) is 11.6. The van der Waals surface area contributed by atoms with Crippen molar-refractivity contribution in [1.82, 2.24) is 9.80 Å². The Hall–Kier alpha value is -1.75. The van der Waals surface area contributed by atoms with Gasteiger partial charge < -0.3 is 14.4 Å². The molecule has 0 saturated carbocycles. The van der Waals surface area contributed by atoms with Gasteiger partial charge in [0.2, 0.25) is 0 Å². The summed E-state index contributed by atoms with van der Waals surface area (Å²) >= 11 is 0. The summed E-state index contributed by atoms with van der Waals surface area (Å²) in [7, 11) is 1.73. The van der Waals surface area contributed by atoms with Crippen LogP contribution in [0.1, 0.15) is 69.0 Å². The molecular formula is C24H36N2O3. The zero-order chi connectivity index (χ0) is 20.2. The van der Waals surface area contributed by atoms with Crippen molar-refractivity contribution in [2.75, 3.05) is 33.4 Å². The maximum atomic E-state index is 12.8. The Bertz CT molecular complexity index is 707. The number of piperidine rings is 2. The van der Waals surface area contributed by atoms with Crippen LogP contribution in [0.15, 0.2) is 18.2 Å². The lowest BCUT2D eigenvalue weighted by molar-refractivity contribution is -0.0126. The van der Waals surface area contributed by atoms with Gasteiger partial charge in [-0.1, -0.05) is 32.3 Å². The van der Waals surface area contributed by atoms with Gasteiger partial charge in [-0.2, -0.15) is 0 Å². The summed E-state index contributed by atoms with van der Waals surface area (Å²) in [5.74, 6) is 1.52. The number of amides is 1. The van der Waals surface area contributed by atoms with Gasteiger partial charge in [-0.15, -0.1) is 0 Å². The number of benzene rings is 1. The van der Waals surface area contributed by atoms with Gasteiger partial charge >= 0.3 is 6.09 Å². The first-order chi connectivity index (χ1) is 14.2. The molecule has 4 rings (SSSR count). The standard InChI is InChI=1S/C24H36N2O3/c1-3-4-5-6-14-29-24(27)26-12-7-8-19-17-25-13-11-18-15-20(28-2)9-10-21(18)23(25)16-22(19)26/h9-10,15,19,22-23H,3-8,11-14,16-17H2,1-2H3. The molecule has 0 spiro atoms. The van der Waals surface area contributed by atoms with E-state index in [-0.39, 0.29) is 6.09 Å². The first-order valence-corrected chi connectivity index (χ1v) is 11.6. The lowest BCUT2D eigenvalue weighted by Crippen LogP contribution is -2.57. The predicted octanol–water partition coefficient (Wildman–Crippen LogP) is 4.80. The Morgan fingerprint density at radius 1 is 1.21 bits per heavy atom. The van der Waals surface area contributed by atoms with Crippen molar-refractivity contribution >= 4 is 6.09 Å². The molecule has 1 aromatic rings. The third kappa shape index (κ3) is 4.40. The van der Waals surface area contributed by atoms with Crippen LogP contribution in [-0.2, 0) is 11.2 Å². The van der Waals surface area contributed by atoms with Crippen molar-refractivity contribution in [3.63, 3.8) is 0 Å². The summed E-state index contributed by atoms with van der Waals surface area (Å²) in [5.41, 5.74) is 2.83. The summed E-state index contributed by atoms with van der Waals surface area (Å²) in [4.78, 5) is 17.6. The number of carbonyl (C=O) groups is 1. The normalized spacial score (nSPS) is 26.3. The largest absolute Gasteiger partial charge is 0.497 e. The third-order valence-electron chi connectivity index (χ3n) is 7.13. The van der Waals surface area contributed by atoms with Crippen molar-refractivity contribution in [3.8, 4) is 5.75 Å². The molecule has 0 radical (unpaired) electrons. The zero-order valence-corrected chi connectivity index (χ0v) is 18.1. The number of carbonyl (C=O) groups excluding carboxylic acids is 1. The molecular weight excluding hydrogens is 364 g/mol. The molecule has 1 aromatic carbocycles. The number of hydrogen-bond donors (Lipinski definition) is 0. The Morgan fingerprint density at radius 2 is 2.10 bits per heavy atom. The zero-order valence-electron chi connectivity index (χ0n) is 18.1. The van der Waals surface area contributed by atoms with Crippen LogP contribution in [0.3, 0.4) is 0 Å². The highest BCUT2D eigenvalue weighted by atomic mass is 16.6. The van der Waals surface area contributed by atoms with Gasteiger partial charge in [0.05, 0.1) is 13.7 Å². The van der Waals surface area contributed by atoms with E-state index in [0.29, 0.717) is 24.6 Å². The molecule has 1 amide bonds. The van der Waals surface area contributed by atoms with Crippen LogP contribution in [0.5, 0.6) is 5.75 Å². The molecule has 5 nitrogen and oxygen atoms in total. The van der Waals surface area contributed by atoms with Gasteiger partial charge in [-0.3, -0.25) is 4.90 Å². The van der Waals surface area contributed by atoms with E-state index in [4.69, 9.17) is 9.47 Å². The molecule has 3 aliphatic heterocycles. The fourth-order valence-corrected chi connectivity index (χ4v) is 5.56. The molecule has 160 valence electrons. The molecule has 29 heavy (non-hydrogen) atoms. The number of unbranched alkanes of at least 4 members (excludes halogenated alkanes) is 3. The number of nitrogens with zero attached hydrogens (tertiary/aromatic N) is 2. The van der Waals surface area contributed by atoms with E-state index in [9.17, 15) is 4.79 Å². The Kier molecular flexibility index (Phi) is 6.63. The summed E-state index contributed by atoms with van der Waals surface area (Å²) in [6.45, 7) is 5.81. The lowest BCUT2D eigenvalue weighted by atomic mass is 9.77. The molecule has 0 aliphatic carbocycles. The molecule has 0 bridgehead atoms. The summed E-state index contributed by atoms with van der Waals surface area (Å²) in [6.07, 6.45) is 8.89. The van der Waals surface area contributed by atoms with Gasteiger partial charge in [-0.05, 0) is 61.3 Å². The van der Waals surface area contributed by atoms with E-state index >= 15 is 0 Å². The average molecular weight is 401 g/mol. The number of ether oxygens (including phenoxy) is 2. The van der Waals surface area contributed by atoms with Crippen molar-refractivity contribution in [2.45, 2.75) is 70.4 Å². The van der Waals surface area contributed by atoms with E-state index in [0.717, 1.165) is 57.5 Å². The lowest BCUT2D eigenvalue weighted by Gasteiger charge is -2.51. The van der Waals surface area contributed by atoms with E-state index in [1.807, 2.05) is 0 Å². The second-order valence-corrected chi connectivity index (χ2v) is 8.90. The minimum atomic E-state index is -0.0876. The number of rotatable bonds is 6. The van der Waals surface area contributed by atoms with E-state index in [2.05, 4.69) is 34.9 Å². The van der Waals surface area contributed by atoms with Gasteiger partial charge in [0, 0.05) is 31.7 Å². The molecule has 0 aromatic heterocycles. The van der Waals surface area contributed by atoms with E-state index in [1.54, 1.807) is 7.11 Å². The quantitative estimate of drug-likeness (QED) is 0.644. The highest BCUT2D eigenvalue weighted by Gasteiger charge is 2.44. The van der Waals surface area contributed by atoms with Crippen LogP contribution in [-0.4, -0.2) is 55.3 Å². The molecule has 2 saturated heterocycles. The molecule has 3 atom stereocenters. The number of likely N-dealkylation sites (tertiary alicyclic amines) is 1. The predicted molar refractivity (Wildman–Crippen MR) is 114 cm³/mol. The highest BCUT2D eigenvalue weighted by molar-refractivity contribution is 5.68. The molecule has 3 aliphatic rings. The molecule has 2 fully saturated rings. The summed E-state index contributed by atoms with van der Waals surface area (Å²) < 4.78 is 11.1. The maximum Gasteiger partial charge on any atom is 0.410 e. The van der Waals surface area contributed by atoms with Gasteiger partial charge in [0.1, 0.15) is 5.75 Å². The van der Waals surface area contributed by atoms with Crippen LogP contribution in [0, 0.1) is 5.92 Å². The number of methoxy groups -OCH3 is 1. The van der Waals surface area contributed by atoms with Crippen LogP contribution in [0.2, 0.25) is 0 Å². The molecule has 3 heterocycles. The minimum Gasteiger partial charge on any atom is -0.497 e. The van der Waals surface area contributed by atoms with Gasteiger partial charge in [0.15, 0.2) is 0 Å². The van der Waals surface area contributed by atoms with E-state index in [1.165, 1.54) is 30.4 Å². The summed E-state index contributed by atoms with van der Waals surface area (Å²) in [5, 5.41) is 0. The van der Waals surface area contributed by atoms with E-state index < -0.39 is 0 Å². The van der Waals surface area contributed by atoms with Gasteiger partial charge in [-0.25, -0.2) is 4.79 Å². The van der Waals surface area contributed by atoms with Crippen molar-refractivity contribution in [2.24, 2.45) is 5.92 Å². The third-order valence-corrected chi connectivity index (χ3v) is 7.13. The molecule has 0 N–H and O–H groups in total. The topological polar surface area (TPSA) is 42.0 Å².